The van der Waals surface area contributed by atoms with E-state index in [2.05, 4.69) is 17.1 Å². The first-order valence-corrected chi connectivity index (χ1v) is 8.08. The van der Waals surface area contributed by atoms with Crippen LogP contribution in [-0.2, 0) is 0 Å². The summed E-state index contributed by atoms with van der Waals surface area (Å²) in [5, 5.41) is 10.4. The predicted molar refractivity (Wildman–Crippen MR) is 79.0 cm³/mol. The summed E-state index contributed by atoms with van der Waals surface area (Å²) in [5.41, 5.74) is 3.17. The Kier molecular flexibility index (Phi) is 4.39. The van der Waals surface area contributed by atoms with Gasteiger partial charge in [0.25, 0.3) is 0 Å². The number of aliphatic hydroxyl groups is 1. The second kappa shape index (κ2) is 6.23. The summed E-state index contributed by atoms with van der Waals surface area (Å²) in [6, 6.07) is 0. The minimum atomic E-state index is -0.0879. The summed E-state index contributed by atoms with van der Waals surface area (Å²) in [6.45, 7) is 3.75. The summed E-state index contributed by atoms with van der Waals surface area (Å²) in [4.78, 5) is 2.60. The number of likely N-dealkylation sites (tertiary alicyclic amines) is 1. The van der Waals surface area contributed by atoms with Gasteiger partial charge >= 0.3 is 0 Å². The van der Waals surface area contributed by atoms with Crippen LogP contribution in [0.4, 0.5) is 0 Å². The second-order valence-electron chi connectivity index (χ2n) is 6.51. The van der Waals surface area contributed by atoms with Crippen LogP contribution in [0.2, 0.25) is 0 Å². The molecule has 0 amide bonds. The van der Waals surface area contributed by atoms with E-state index in [0.29, 0.717) is 5.92 Å². The standard InChI is InChI=1S/C17H27NO/c19-17-13-15-7-3-2-6-14(15)12-16(17)8-11-18-9-4-1-5-10-18/h2-3,16-17,19H,1,4-13H2. The van der Waals surface area contributed by atoms with Crippen molar-refractivity contribution in [2.75, 3.05) is 19.6 Å². The van der Waals surface area contributed by atoms with E-state index in [4.69, 9.17) is 0 Å². The van der Waals surface area contributed by atoms with Gasteiger partial charge in [-0.15, -0.1) is 0 Å². The van der Waals surface area contributed by atoms with Gasteiger partial charge in [0.1, 0.15) is 0 Å². The molecule has 0 bridgehead atoms. The van der Waals surface area contributed by atoms with E-state index in [1.165, 1.54) is 50.9 Å². The first kappa shape index (κ1) is 13.4. The maximum absolute atomic E-state index is 10.4. The zero-order valence-electron chi connectivity index (χ0n) is 12.0. The van der Waals surface area contributed by atoms with Gasteiger partial charge < -0.3 is 10.0 Å². The van der Waals surface area contributed by atoms with Crippen LogP contribution in [0.15, 0.2) is 23.3 Å². The molecular weight excluding hydrogens is 234 g/mol. The molecule has 3 rings (SSSR count). The lowest BCUT2D eigenvalue weighted by molar-refractivity contribution is 0.0828. The normalized spacial score (nSPS) is 32.5. The van der Waals surface area contributed by atoms with Gasteiger partial charge in [-0.25, -0.2) is 0 Å². The molecule has 0 aromatic rings. The van der Waals surface area contributed by atoms with Crippen molar-refractivity contribution in [3.63, 3.8) is 0 Å². The van der Waals surface area contributed by atoms with Gasteiger partial charge in [-0.2, -0.15) is 0 Å². The molecule has 2 atom stereocenters. The third-order valence-corrected chi connectivity index (χ3v) is 5.17. The molecule has 19 heavy (non-hydrogen) atoms. The molecule has 0 spiro atoms. The Hall–Kier alpha value is -0.600. The van der Waals surface area contributed by atoms with Gasteiger partial charge in [0.05, 0.1) is 6.10 Å². The van der Waals surface area contributed by atoms with E-state index in [-0.39, 0.29) is 6.10 Å². The largest absolute Gasteiger partial charge is 0.392 e. The highest BCUT2D eigenvalue weighted by atomic mass is 16.3. The number of aliphatic hydroxyl groups excluding tert-OH is 1. The predicted octanol–water partition coefficient (Wildman–Crippen LogP) is 3.28. The summed E-state index contributed by atoms with van der Waals surface area (Å²) < 4.78 is 0. The van der Waals surface area contributed by atoms with E-state index < -0.39 is 0 Å². The van der Waals surface area contributed by atoms with Crippen LogP contribution in [0.25, 0.3) is 0 Å². The van der Waals surface area contributed by atoms with Crippen molar-refractivity contribution in [2.24, 2.45) is 5.92 Å². The molecule has 2 aliphatic carbocycles. The van der Waals surface area contributed by atoms with E-state index in [1.54, 1.807) is 5.57 Å². The van der Waals surface area contributed by atoms with Gasteiger partial charge in [0, 0.05) is 0 Å². The fourth-order valence-electron chi connectivity index (χ4n) is 3.89. The van der Waals surface area contributed by atoms with Crippen molar-refractivity contribution >= 4 is 0 Å². The molecule has 1 aliphatic heterocycles. The zero-order chi connectivity index (χ0) is 13.1. The van der Waals surface area contributed by atoms with Crippen molar-refractivity contribution < 1.29 is 5.11 Å². The van der Waals surface area contributed by atoms with Crippen molar-refractivity contribution in [3.8, 4) is 0 Å². The molecule has 106 valence electrons. The molecule has 2 heteroatoms. The third-order valence-electron chi connectivity index (χ3n) is 5.17. The van der Waals surface area contributed by atoms with Crippen molar-refractivity contribution in [3.05, 3.63) is 23.3 Å². The smallest absolute Gasteiger partial charge is 0.0609 e. The third kappa shape index (κ3) is 3.29. The molecule has 1 heterocycles. The van der Waals surface area contributed by atoms with Crippen molar-refractivity contribution in [1.82, 2.24) is 4.90 Å². The summed E-state index contributed by atoms with van der Waals surface area (Å²) in [5.74, 6) is 0.507. The highest BCUT2D eigenvalue weighted by molar-refractivity contribution is 5.27. The van der Waals surface area contributed by atoms with E-state index >= 15 is 0 Å². The van der Waals surface area contributed by atoms with E-state index in [1.807, 2.05) is 0 Å². The average molecular weight is 261 g/mol. The molecule has 2 nitrogen and oxygen atoms in total. The zero-order valence-corrected chi connectivity index (χ0v) is 12.0. The first-order valence-electron chi connectivity index (χ1n) is 8.08. The van der Waals surface area contributed by atoms with Gasteiger partial charge in [-0.3, -0.25) is 0 Å². The number of hydrogen-bond donors (Lipinski definition) is 1. The number of rotatable bonds is 3. The van der Waals surface area contributed by atoms with Crippen LogP contribution in [0.3, 0.4) is 0 Å². The molecule has 0 radical (unpaired) electrons. The Labute approximate surface area is 117 Å². The summed E-state index contributed by atoms with van der Waals surface area (Å²) in [7, 11) is 0. The van der Waals surface area contributed by atoms with E-state index in [9.17, 15) is 5.11 Å². The van der Waals surface area contributed by atoms with Crippen LogP contribution in [0, 0.1) is 5.92 Å². The molecule has 0 aromatic heterocycles. The lowest BCUT2D eigenvalue weighted by atomic mass is 9.76. The van der Waals surface area contributed by atoms with Crippen LogP contribution in [0.1, 0.15) is 51.4 Å². The quantitative estimate of drug-likeness (QED) is 0.788. The Bertz CT molecular complexity index is 365. The fourth-order valence-corrected chi connectivity index (χ4v) is 3.89. The van der Waals surface area contributed by atoms with E-state index in [0.717, 1.165) is 25.7 Å². The van der Waals surface area contributed by atoms with Gasteiger partial charge in [0.15, 0.2) is 0 Å². The number of hydrogen-bond acceptors (Lipinski definition) is 2. The van der Waals surface area contributed by atoms with Gasteiger partial charge in [-0.1, -0.05) is 29.7 Å². The molecule has 0 aromatic carbocycles. The monoisotopic (exact) mass is 261 g/mol. The van der Waals surface area contributed by atoms with Crippen LogP contribution < -0.4 is 0 Å². The van der Waals surface area contributed by atoms with Gasteiger partial charge in [-0.05, 0) is 70.5 Å². The lowest BCUT2D eigenvalue weighted by Crippen LogP contribution is -2.34. The maximum Gasteiger partial charge on any atom is 0.0609 e. The minimum absolute atomic E-state index is 0.0879. The minimum Gasteiger partial charge on any atom is -0.392 e. The molecule has 1 saturated heterocycles. The Morgan fingerprint density at radius 2 is 1.68 bits per heavy atom. The SMILES string of the molecule is OC1CC2=C(CC=CC2)CC1CCN1CCCCC1. The molecule has 3 aliphatic rings. The van der Waals surface area contributed by atoms with Crippen molar-refractivity contribution in [1.29, 1.82) is 0 Å². The van der Waals surface area contributed by atoms with Crippen LogP contribution in [-0.4, -0.2) is 35.7 Å². The Morgan fingerprint density at radius 1 is 1.00 bits per heavy atom. The fraction of sp³-hybridized carbons (Fsp3) is 0.765. The second-order valence-corrected chi connectivity index (χ2v) is 6.51. The maximum atomic E-state index is 10.4. The highest BCUT2D eigenvalue weighted by Gasteiger charge is 2.28. The highest BCUT2D eigenvalue weighted by Crippen LogP contribution is 2.37. The molecule has 0 saturated carbocycles. The Balaban J connectivity index is 1.52. The molecular formula is C17H27NO. The molecule has 1 fully saturated rings. The van der Waals surface area contributed by atoms with Gasteiger partial charge in [0.2, 0.25) is 0 Å². The van der Waals surface area contributed by atoms with Crippen LogP contribution in [0.5, 0.6) is 0 Å². The number of piperidine rings is 1. The Morgan fingerprint density at radius 3 is 2.42 bits per heavy atom. The van der Waals surface area contributed by atoms with Crippen LogP contribution >= 0.6 is 0 Å². The summed E-state index contributed by atoms with van der Waals surface area (Å²) >= 11 is 0. The topological polar surface area (TPSA) is 23.5 Å². The molecule has 1 N–H and O–H groups in total. The lowest BCUT2D eigenvalue weighted by Gasteiger charge is -2.35. The summed E-state index contributed by atoms with van der Waals surface area (Å²) in [6.07, 6.45) is 14.1. The average Bonchev–Trinajstić information content (AvgIpc) is 2.46. The molecule has 2 unspecified atom stereocenters. The van der Waals surface area contributed by atoms with Crippen molar-refractivity contribution in [2.45, 2.75) is 57.5 Å². The number of allylic oxidation sites excluding steroid dienone is 3. The first-order chi connectivity index (χ1) is 9.33. The number of nitrogens with zero attached hydrogens (tertiary/aromatic N) is 1.